The van der Waals surface area contributed by atoms with Crippen molar-refractivity contribution in [2.24, 2.45) is 0 Å². The van der Waals surface area contributed by atoms with E-state index in [-0.39, 0.29) is 5.91 Å². The number of rotatable bonds is 6. The summed E-state index contributed by atoms with van der Waals surface area (Å²) < 4.78 is 6.64. The van der Waals surface area contributed by atoms with E-state index in [1.165, 1.54) is 11.0 Å². The molecule has 0 fully saturated rings. The van der Waals surface area contributed by atoms with Crippen molar-refractivity contribution in [1.29, 1.82) is 0 Å². The van der Waals surface area contributed by atoms with Crippen LogP contribution in [0.15, 0.2) is 60.9 Å². The zero-order valence-corrected chi connectivity index (χ0v) is 13.2. The molecule has 3 aromatic rings. The van der Waals surface area contributed by atoms with Crippen molar-refractivity contribution < 1.29 is 9.53 Å². The van der Waals surface area contributed by atoms with E-state index in [1.807, 2.05) is 42.5 Å². The predicted octanol–water partition coefficient (Wildman–Crippen LogP) is 2.10. The van der Waals surface area contributed by atoms with Crippen LogP contribution < -0.4 is 10.1 Å². The molecule has 24 heavy (non-hydrogen) atoms. The van der Waals surface area contributed by atoms with Crippen LogP contribution in [-0.4, -0.2) is 33.2 Å². The number of carbonyl (C=O) groups is 1. The zero-order chi connectivity index (χ0) is 16.8. The second-order valence-corrected chi connectivity index (χ2v) is 5.22. The molecule has 1 N–H and O–H groups in total. The van der Waals surface area contributed by atoms with Gasteiger partial charge in [-0.05, 0) is 28.1 Å². The third-order valence-electron chi connectivity index (χ3n) is 3.60. The minimum absolute atomic E-state index is 0.195. The van der Waals surface area contributed by atoms with E-state index in [1.54, 1.807) is 19.2 Å². The van der Waals surface area contributed by atoms with Gasteiger partial charge in [0, 0.05) is 18.2 Å². The number of carbonyl (C=O) groups excluding carboxylic acids is 1. The Hall–Kier alpha value is -3.22. The summed E-state index contributed by atoms with van der Waals surface area (Å²) in [5, 5.41) is 14.0. The van der Waals surface area contributed by atoms with Gasteiger partial charge in [0.05, 0.1) is 7.11 Å². The number of ether oxygens (including phenoxy) is 1. The first-order valence-electron chi connectivity index (χ1n) is 7.47. The van der Waals surface area contributed by atoms with Crippen LogP contribution >= 0.6 is 0 Å². The second kappa shape index (κ2) is 7.36. The molecule has 0 saturated carbocycles. The molecule has 0 saturated heterocycles. The van der Waals surface area contributed by atoms with Gasteiger partial charge in [0.15, 0.2) is 0 Å². The Morgan fingerprint density at radius 1 is 1.21 bits per heavy atom. The number of nitrogens with zero attached hydrogens (tertiary/aromatic N) is 4. The Morgan fingerprint density at radius 2 is 2.04 bits per heavy atom. The highest BCUT2D eigenvalue weighted by atomic mass is 16.5. The molecule has 1 unspecified atom stereocenters. The number of nitrogens with one attached hydrogen (secondary N) is 1. The monoisotopic (exact) mass is 323 g/mol. The van der Waals surface area contributed by atoms with E-state index in [0.717, 1.165) is 5.56 Å². The summed E-state index contributed by atoms with van der Waals surface area (Å²) in [6.07, 6.45) is 1.93. The molecule has 0 aliphatic heterocycles. The van der Waals surface area contributed by atoms with Crippen LogP contribution in [0.5, 0.6) is 5.75 Å². The van der Waals surface area contributed by atoms with Gasteiger partial charge in [-0.1, -0.05) is 36.4 Å². The van der Waals surface area contributed by atoms with E-state index in [4.69, 9.17) is 4.74 Å². The number of aromatic nitrogens is 4. The first-order chi connectivity index (χ1) is 11.8. The number of anilines is 1. The van der Waals surface area contributed by atoms with Crippen LogP contribution in [0.1, 0.15) is 11.6 Å². The number of hydrogen-bond donors (Lipinski definition) is 1. The molecule has 0 spiro atoms. The second-order valence-electron chi connectivity index (χ2n) is 5.22. The van der Waals surface area contributed by atoms with E-state index in [0.29, 0.717) is 17.9 Å². The highest BCUT2D eigenvalue weighted by Crippen LogP contribution is 2.20. The van der Waals surface area contributed by atoms with Crippen molar-refractivity contribution >= 4 is 11.6 Å². The van der Waals surface area contributed by atoms with Crippen molar-refractivity contribution in [1.82, 2.24) is 20.2 Å². The van der Waals surface area contributed by atoms with Gasteiger partial charge in [-0.25, -0.2) is 4.68 Å². The Labute approximate surface area is 139 Å². The average Bonchev–Trinajstić information content (AvgIpc) is 3.15. The lowest BCUT2D eigenvalue weighted by atomic mass is 10.1. The Balaban J connectivity index is 1.81. The van der Waals surface area contributed by atoms with Gasteiger partial charge in [-0.2, -0.15) is 0 Å². The van der Waals surface area contributed by atoms with Crippen molar-refractivity contribution in [3.05, 3.63) is 66.5 Å². The lowest BCUT2D eigenvalue weighted by Crippen LogP contribution is -2.28. The molecular formula is C17H17N5O2. The Bertz CT molecular complexity index is 790. The average molecular weight is 323 g/mol. The van der Waals surface area contributed by atoms with Gasteiger partial charge in [0.2, 0.25) is 5.91 Å². The smallest absolute Gasteiger partial charge is 0.249 e. The zero-order valence-electron chi connectivity index (χ0n) is 13.2. The van der Waals surface area contributed by atoms with Crippen molar-refractivity contribution in [2.75, 3.05) is 12.4 Å². The maximum atomic E-state index is 12.7. The summed E-state index contributed by atoms with van der Waals surface area (Å²) >= 11 is 0. The summed E-state index contributed by atoms with van der Waals surface area (Å²) in [5.41, 5.74) is 1.68. The SMILES string of the molecule is COc1cccc(NC(=O)C(Cc2ccccc2)n2cnnn2)c1. The summed E-state index contributed by atoms with van der Waals surface area (Å²) in [6, 6.07) is 16.4. The highest BCUT2D eigenvalue weighted by molar-refractivity contribution is 5.94. The van der Waals surface area contributed by atoms with Crippen LogP contribution in [0, 0.1) is 0 Å². The van der Waals surface area contributed by atoms with Crippen LogP contribution in [0.2, 0.25) is 0 Å². The first-order valence-corrected chi connectivity index (χ1v) is 7.47. The maximum absolute atomic E-state index is 12.7. The van der Waals surface area contributed by atoms with Crippen LogP contribution in [0.3, 0.4) is 0 Å². The lowest BCUT2D eigenvalue weighted by Gasteiger charge is -2.16. The standard InChI is InChI=1S/C17H17N5O2/c1-24-15-9-5-8-14(11-15)19-17(23)16(22-12-18-20-21-22)10-13-6-3-2-4-7-13/h2-9,11-12,16H,10H2,1H3,(H,19,23). The summed E-state index contributed by atoms with van der Waals surface area (Å²) in [6.45, 7) is 0. The third-order valence-corrected chi connectivity index (χ3v) is 3.60. The molecule has 122 valence electrons. The molecule has 2 aromatic carbocycles. The summed E-state index contributed by atoms with van der Waals surface area (Å²) in [7, 11) is 1.58. The van der Waals surface area contributed by atoms with Gasteiger partial charge in [-0.15, -0.1) is 5.10 Å². The van der Waals surface area contributed by atoms with E-state index in [2.05, 4.69) is 20.8 Å². The molecule has 7 nitrogen and oxygen atoms in total. The van der Waals surface area contributed by atoms with Gasteiger partial charge in [-0.3, -0.25) is 4.79 Å². The van der Waals surface area contributed by atoms with Gasteiger partial charge < -0.3 is 10.1 Å². The fourth-order valence-corrected chi connectivity index (χ4v) is 2.38. The van der Waals surface area contributed by atoms with E-state index >= 15 is 0 Å². The molecule has 0 aliphatic carbocycles. The highest BCUT2D eigenvalue weighted by Gasteiger charge is 2.22. The van der Waals surface area contributed by atoms with Gasteiger partial charge in [0.1, 0.15) is 18.1 Å². The molecule has 0 bridgehead atoms. The van der Waals surface area contributed by atoms with Gasteiger partial charge in [0.25, 0.3) is 0 Å². The quantitative estimate of drug-likeness (QED) is 0.751. The topological polar surface area (TPSA) is 81.9 Å². The minimum atomic E-state index is -0.548. The molecule has 1 atom stereocenters. The fourth-order valence-electron chi connectivity index (χ4n) is 2.38. The maximum Gasteiger partial charge on any atom is 0.249 e. The molecule has 1 heterocycles. The predicted molar refractivity (Wildman–Crippen MR) is 88.6 cm³/mol. The van der Waals surface area contributed by atoms with Crippen LogP contribution in [0.4, 0.5) is 5.69 Å². The fraction of sp³-hybridized carbons (Fsp3) is 0.176. The number of hydrogen-bond acceptors (Lipinski definition) is 5. The Kier molecular flexibility index (Phi) is 4.81. The number of amides is 1. The molecule has 1 amide bonds. The minimum Gasteiger partial charge on any atom is -0.497 e. The third kappa shape index (κ3) is 3.75. The molecule has 0 aliphatic rings. The normalized spacial score (nSPS) is 11.7. The number of tetrazole rings is 1. The lowest BCUT2D eigenvalue weighted by molar-refractivity contribution is -0.119. The molecule has 7 heteroatoms. The van der Waals surface area contributed by atoms with Crippen molar-refractivity contribution in [3.63, 3.8) is 0 Å². The molecule has 0 radical (unpaired) electrons. The molecule has 1 aromatic heterocycles. The largest absolute Gasteiger partial charge is 0.497 e. The summed E-state index contributed by atoms with van der Waals surface area (Å²) in [5.74, 6) is 0.481. The number of methoxy groups -OCH3 is 1. The van der Waals surface area contributed by atoms with Crippen molar-refractivity contribution in [2.45, 2.75) is 12.5 Å². The van der Waals surface area contributed by atoms with E-state index in [9.17, 15) is 4.79 Å². The van der Waals surface area contributed by atoms with Gasteiger partial charge >= 0.3 is 0 Å². The Morgan fingerprint density at radius 3 is 2.75 bits per heavy atom. The van der Waals surface area contributed by atoms with Crippen LogP contribution in [0.25, 0.3) is 0 Å². The van der Waals surface area contributed by atoms with Crippen molar-refractivity contribution in [3.8, 4) is 5.75 Å². The van der Waals surface area contributed by atoms with Crippen LogP contribution in [-0.2, 0) is 11.2 Å². The first kappa shape index (κ1) is 15.7. The molecular weight excluding hydrogens is 306 g/mol. The molecule has 3 rings (SSSR count). The van der Waals surface area contributed by atoms with E-state index < -0.39 is 6.04 Å². The number of benzene rings is 2. The summed E-state index contributed by atoms with van der Waals surface area (Å²) in [4.78, 5) is 12.7.